The van der Waals surface area contributed by atoms with Gasteiger partial charge in [0.15, 0.2) is 5.54 Å². The van der Waals surface area contributed by atoms with E-state index in [0.717, 1.165) is 0 Å². The topological polar surface area (TPSA) is 107 Å². The fourth-order valence-electron chi connectivity index (χ4n) is 1.99. The standard InChI is InChI=1S/C11H14N6O2/c1-3-11(4-2,10(18)19)17-9(14-15-16-17)8-7-12-5-6-13-8/h5-7H,3-4H2,1-2H3,(H,18,19). The van der Waals surface area contributed by atoms with Crippen LogP contribution < -0.4 is 0 Å². The van der Waals surface area contributed by atoms with Gasteiger partial charge in [-0.25, -0.2) is 14.5 Å². The Bertz CT molecular complexity index is 564. The van der Waals surface area contributed by atoms with Gasteiger partial charge in [0.25, 0.3) is 0 Å². The molecular weight excluding hydrogens is 248 g/mol. The van der Waals surface area contributed by atoms with Crippen molar-refractivity contribution in [2.75, 3.05) is 0 Å². The van der Waals surface area contributed by atoms with E-state index in [9.17, 15) is 9.90 Å². The molecular formula is C11H14N6O2. The largest absolute Gasteiger partial charge is 0.479 e. The van der Waals surface area contributed by atoms with Crippen LogP contribution in [0.5, 0.6) is 0 Å². The lowest BCUT2D eigenvalue weighted by atomic mass is 9.93. The molecule has 100 valence electrons. The van der Waals surface area contributed by atoms with Crippen LogP contribution in [0.15, 0.2) is 18.6 Å². The number of hydrogen-bond acceptors (Lipinski definition) is 6. The van der Waals surface area contributed by atoms with Crippen LogP contribution in [0.3, 0.4) is 0 Å². The first-order chi connectivity index (χ1) is 9.15. The molecule has 0 aliphatic carbocycles. The fourth-order valence-corrected chi connectivity index (χ4v) is 1.99. The molecule has 0 radical (unpaired) electrons. The van der Waals surface area contributed by atoms with Crippen LogP contribution in [0.25, 0.3) is 11.5 Å². The van der Waals surface area contributed by atoms with Crippen LogP contribution in [-0.4, -0.2) is 41.3 Å². The summed E-state index contributed by atoms with van der Waals surface area (Å²) in [4.78, 5) is 19.7. The molecule has 0 saturated heterocycles. The van der Waals surface area contributed by atoms with Crippen molar-refractivity contribution < 1.29 is 9.90 Å². The lowest BCUT2D eigenvalue weighted by Gasteiger charge is -2.27. The summed E-state index contributed by atoms with van der Waals surface area (Å²) in [7, 11) is 0. The third-order valence-corrected chi connectivity index (χ3v) is 3.24. The van der Waals surface area contributed by atoms with Crippen molar-refractivity contribution in [1.29, 1.82) is 0 Å². The van der Waals surface area contributed by atoms with Gasteiger partial charge in [-0.05, 0) is 23.3 Å². The Morgan fingerprint density at radius 3 is 2.63 bits per heavy atom. The molecule has 0 fully saturated rings. The van der Waals surface area contributed by atoms with Crippen molar-refractivity contribution in [2.45, 2.75) is 32.2 Å². The van der Waals surface area contributed by atoms with E-state index in [2.05, 4.69) is 25.5 Å². The number of hydrogen-bond donors (Lipinski definition) is 1. The minimum Gasteiger partial charge on any atom is -0.479 e. The first-order valence-corrected chi connectivity index (χ1v) is 5.94. The molecule has 0 saturated carbocycles. The molecule has 0 atom stereocenters. The van der Waals surface area contributed by atoms with Crippen molar-refractivity contribution in [3.8, 4) is 11.5 Å². The zero-order valence-electron chi connectivity index (χ0n) is 10.7. The molecule has 19 heavy (non-hydrogen) atoms. The molecule has 0 spiro atoms. The molecule has 0 aliphatic heterocycles. The molecule has 2 rings (SSSR count). The average Bonchev–Trinajstić information content (AvgIpc) is 2.91. The van der Waals surface area contributed by atoms with Gasteiger partial charge in [-0.15, -0.1) is 5.10 Å². The molecule has 0 aromatic carbocycles. The van der Waals surface area contributed by atoms with E-state index in [1.165, 1.54) is 23.3 Å². The van der Waals surface area contributed by atoms with Gasteiger partial charge in [-0.1, -0.05) is 13.8 Å². The second-order valence-electron chi connectivity index (χ2n) is 4.05. The zero-order chi connectivity index (χ0) is 13.9. The number of aromatic nitrogens is 6. The van der Waals surface area contributed by atoms with E-state index in [4.69, 9.17) is 0 Å². The summed E-state index contributed by atoms with van der Waals surface area (Å²) in [6.45, 7) is 3.58. The van der Waals surface area contributed by atoms with Crippen LogP contribution in [0.2, 0.25) is 0 Å². The van der Waals surface area contributed by atoms with Gasteiger partial charge in [-0.2, -0.15) is 0 Å². The van der Waals surface area contributed by atoms with Gasteiger partial charge in [0.1, 0.15) is 5.69 Å². The van der Waals surface area contributed by atoms with Crippen molar-refractivity contribution in [2.24, 2.45) is 0 Å². The first-order valence-electron chi connectivity index (χ1n) is 5.94. The summed E-state index contributed by atoms with van der Waals surface area (Å²) in [5, 5.41) is 20.8. The van der Waals surface area contributed by atoms with E-state index in [1.54, 1.807) is 13.8 Å². The Morgan fingerprint density at radius 1 is 1.37 bits per heavy atom. The van der Waals surface area contributed by atoms with Gasteiger partial charge in [0.2, 0.25) is 5.82 Å². The number of nitrogens with zero attached hydrogens (tertiary/aromatic N) is 6. The monoisotopic (exact) mass is 262 g/mol. The Hall–Kier alpha value is -2.38. The van der Waals surface area contributed by atoms with Crippen LogP contribution in [0, 0.1) is 0 Å². The van der Waals surface area contributed by atoms with Crippen molar-refractivity contribution >= 4 is 5.97 Å². The molecule has 0 aliphatic rings. The second-order valence-corrected chi connectivity index (χ2v) is 4.05. The summed E-state index contributed by atoms with van der Waals surface area (Å²) in [6, 6.07) is 0. The lowest BCUT2D eigenvalue weighted by Crippen LogP contribution is -2.42. The number of aliphatic carboxylic acids is 1. The van der Waals surface area contributed by atoms with Crippen LogP contribution >= 0.6 is 0 Å². The maximum Gasteiger partial charge on any atom is 0.331 e. The smallest absolute Gasteiger partial charge is 0.331 e. The highest BCUT2D eigenvalue weighted by molar-refractivity contribution is 5.77. The highest BCUT2D eigenvalue weighted by Gasteiger charge is 2.40. The molecule has 2 heterocycles. The Kier molecular flexibility index (Phi) is 3.50. The van der Waals surface area contributed by atoms with E-state index in [-0.39, 0.29) is 0 Å². The number of carbonyl (C=O) groups is 1. The number of rotatable bonds is 5. The first kappa shape index (κ1) is 13.1. The van der Waals surface area contributed by atoms with Crippen molar-refractivity contribution in [3.05, 3.63) is 18.6 Å². The van der Waals surface area contributed by atoms with Gasteiger partial charge in [0.05, 0.1) is 6.20 Å². The third kappa shape index (κ3) is 2.05. The van der Waals surface area contributed by atoms with Crippen molar-refractivity contribution in [1.82, 2.24) is 30.2 Å². The van der Waals surface area contributed by atoms with Crippen LogP contribution in [0.4, 0.5) is 0 Å². The predicted octanol–water partition coefficient (Wildman–Crippen LogP) is 0.730. The SMILES string of the molecule is CCC(CC)(C(=O)O)n1nnnc1-c1cnccn1. The van der Waals surface area contributed by atoms with Crippen molar-refractivity contribution in [3.63, 3.8) is 0 Å². The molecule has 2 aromatic heterocycles. The Balaban J connectivity index is 2.58. The summed E-state index contributed by atoms with van der Waals surface area (Å²) < 4.78 is 1.32. The summed E-state index contributed by atoms with van der Waals surface area (Å²) in [5.41, 5.74) is -0.726. The molecule has 0 bridgehead atoms. The molecule has 8 heteroatoms. The van der Waals surface area contributed by atoms with E-state index >= 15 is 0 Å². The normalized spacial score (nSPS) is 11.5. The maximum atomic E-state index is 11.6. The summed E-state index contributed by atoms with van der Waals surface area (Å²) in [6.07, 6.45) is 5.28. The maximum absolute atomic E-state index is 11.6. The molecule has 1 N–H and O–H groups in total. The van der Waals surface area contributed by atoms with Gasteiger partial charge < -0.3 is 5.11 Å². The summed E-state index contributed by atoms with van der Waals surface area (Å²) in [5.74, 6) is -0.658. The number of tetrazole rings is 1. The molecule has 2 aromatic rings. The summed E-state index contributed by atoms with van der Waals surface area (Å²) >= 11 is 0. The van der Waals surface area contributed by atoms with Crippen LogP contribution in [0.1, 0.15) is 26.7 Å². The van der Waals surface area contributed by atoms with Gasteiger partial charge >= 0.3 is 5.97 Å². The van der Waals surface area contributed by atoms with Gasteiger partial charge in [0, 0.05) is 12.4 Å². The van der Waals surface area contributed by atoms with Crippen LogP contribution in [-0.2, 0) is 10.3 Å². The van der Waals surface area contributed by atoms with E-state index in [0.29, 0.717) is 24.4 Å². The highest BCUT2D eigenvalue weighted by atomic mass is 16.4. The Morgan fingerprint density at radius 2 is 2.11 bits per heavy atom. The predicted molar refractivity (Wildman–Crippen MR) is 65.0 cm³/mol. The minimum absolute atomic E-state index is 0.305. The molecule has 0 amide bonds. The molecule has 0 unspecified atom stereocenters. The number of carboxylic acid groups (broad SMARTS) is 1. The fraction of sp³-hybridized carbons (Fsp3) is 0.455. The second kappa shape index (κ2) is 5.09. The Labute approximate surface area is 109 Å². The highest BCUT2D eigenvalue weighted by Crippen LogP contribution is 2.28. The number of carboxylic acids is 1. The zero-order valence-corrected chi connectivity index (χ0v) is 10.7. The van der Waals surface area contributed by atoms with E-state index in [1.807, 2.05) is 0 Å². The minimum atomic E-state index is -1.17. The molecule has 8 nitrogen and oxygen atoms in total. The van der Waals surface area contributed by atoms with E-state index < -0.39 is 11.5 Å². The van der Waals surface area contributed by atoms with Gasteiger partial charge in [-0.3, -0.25) is 4.98 Å². The quantitative estimate of drug-likeness (QED) is 0.846. The third-order valence-electron chi connectivity index (χ3n) is 3.24. The lowest BCUT2D eigenvalue weighted by molar-refractivity contribution is -0.148. The average molecular weight is 262 g/mol.